The second kappa shape index (κ2) is 9.71. The van der Waals surface area contributed by atoms with Gasteiger partial charge in [-0.2, -0.15) is 0 Å². The average molecular weight is 425 g/mol. The fourth-order valence-electron chi connectivity index (χ4n) is 3.40. The smallest absolute Gasteiger partial charge is 0.197 e. The maximum atomic E-state index is 13.7. The summed E-state index contributed by atoms with van der Waals surface area (Å²) in [6.07, 6.45) is 0. The number of rotatable bonds is 8. The number of benzene rings is 4. The summed E-state index contributed by atoms with van der Waals surface area (Å²) >= 11 is 0. The third-order valence-corrected chi connectivity index (χ3v) is 5.05. The number of para-hydroxylation sites is 2. The average Bonchev–Trinajstić information content (AvgIpc) is 2.85. The van der Waals surface area contributed by atoms with E-state index in [1.807, 2.05) is 72.8 Å². The number of hydrogen-bond acceptors (Lipinski definition) is 5. The minimum atomic E-state index is -0.118. The topological polar surface area (TPSA) is 59.6 Å². The molecule has 32 heavy (non-hydrogen) atoms. The second-order valence-corrected chi connectivity index (χ2v) is 7.13. The molecule has 0 radical (unpaired) electrons. The van der Waals surface area contributed by atoms with Crippen molar-refractivity contribution in [3.8, 4) is 11.5 Å². The second-order valence-electron chi connectivity index (χ2n) is 7.13. The highest BCUT2D eigenvalue weighted by Crippen LogP contribution is 2.32. The third kappa shape index (κ3) is 4.73. The van der Waals surface area contributed by atoms with Gasteiger partial charge < -0.3 is 20.1 Å². The summed E-state index contributed by atoms with van der Waals surface area (Å²) in [5.41, 5.74) is 4.18. The Balaban J connectivity index is 1.75. The van der Waals surface area contributed by atoms with E-state index in [0.29, 0.717) is 34.0 Å². The van der Waals surface area contributed by atoms with Crippen LogP contribution < -0.4 is 20.1 Å². The minimum absolute atomic E-state index is 0.118. The molecule has 5 heteroatoms. The fraction of sp³-hybridized carbons (Fsp3) is 0.0741. The Labute approximate surface area is 187 Å². The van der Waals surface area contributed by atoms with Crippen molar-refractivity contribution in [2.75, 3.05) is 24.9 Å². The summed E-state index contributed by atoms with van der Waals surface area (Å²) in [6, 6.07) is 30.2. The van der Waals surface area contributed by atoms with Gasteiger partial charge in [-0.15, -0.1) is 0 Å². The maximum Gasteiger partial charge on any atom is 0.197 e. The van der Waals surface area contributed by atoms with Crippen molar-refractivity contribution in [3.05, 3.63) is 108 Å². The molecule has 160 valence electrons. The van der Waals surface area contributed by atoms with Crippen LogP contribution in [0, 0.1) is 0 Å². The van der Waals surface area contributed by atoms with Gasteiger partial charge in [-0.25, -0.2) is 0 Å². The summed E-state index contributed by atoms with van der Waals surface area (Å²) in [4.78, 5) is 13.7. The van der Waals surface area contributed by atoms with Crippen molar-refractivity contribution in [1.29, 1.82) is 0 Å². The Morgan fingerprint density at radius 2 is 1.00 bits per heavy atom. The zero-order chi connectivity index (χ0) is 22.3. The lowest BCUT2D eigenvalue weighted by Crippen LogP contribution is -2.09. The molecule has 0 aliphatic carbocycles. The molecule has 4 aromatic carbocycles. The third-order valence-electron chi connectivity index (χ3n) is 5.05. The highest BCUT2D eigenvalue weighted by Gasteiger charge is 2.19. The van der Waals surface area contributed by atoms with Gasteiger partial charge >= 0.3 is 0 Å². The van der Waals surface area contributed by atoms with Crippen LogP contribution in [0.15, 0.2) is 97.1 Å². The molecule has 0 heterocycles. The van der Waals surface area contributed by atoms with Crippen molar-refractivity contribution >= 4 is 28.5 Å². The molecule has 0 aliphatic rings. The van der Waals surface area contributed by atoms with Gasteiger partial charge in [-0.05, 0) is 48.5 Å². The first-order chi connectivity index (χ1) is 15.7. The number of ether oxygens (including phenoxy) is 2. The first-order valence-corrected chi connectivity index (χ1v) is 10.2. The number of carbonyl (C=O) groups excluding carboxylic acids is 1. The normalized spacial score (nSPS) is 10.3. The van der Waals surface area contributed by atoms with Gasteiger partial charge in [-0.1, -0.05) is 36.4 Å². The van der Waals surface area contributed by atoms with Crippen LogP contribution in [0.4, 0.5) is 22.7 Å². The number of anilines is 4. The van der Waals surface area contributed by atoms with Crippen LogP contribution in [0.2, 0.25) is 0 Å². The molecule has 2 N–H and O–H groups in total. The summed E-state index contributed by atoms with van der Waals surface area (Å²) < 4.78 is 10.8. The molecule has 0 aromatic heterocycles. The van der Waals surface area contributed by atoms with E-state index in [9.17, 15) is 4.79 Å². The fourth-order valence-corrected chi connectivity index (χ4v) is 3.40. The number of ketones is 1. The molecule has 0 spiro atoms. The van der Waals surface area contributed by atoms with Gasteiger partial charge in [0.15, 0.2) is 5.78 Å². The molecule has 0 amide bonds. The van der Waals surface area contributed by atoms with Gasteiger partial charge in [0.2, 0.25) is 0 Å². The van der Waals surface area contributed by atoms with E-state index in [2.05, 4.69) is 10.6 Å². The summed E-state index contributed by atoms with van der Waals surface area (Å²) in [5.74, 6) is 1.21. The van der Waals surface area contributed by atoms with Crippen LogP contribution in [0.25, 0.3) is 0 Å². The van der Waals surface area contributed by atoms with Crippen LogP contribution in [0.1, 0.15) is 15.9 Å². The van der Waals surface area contributed by atoms with Gasteiger partial charge in [0, 0.05) is 34.6 Å². The predicted molar refractivity (Wildman–Crippen MR) is 129 cm³/mol. The van der Waals surface area contributed by atoms with Crippen molar-refractivity contribution in [2.24, 2.45) is 0 Å². The highest BCUT2D eigenvalue weighted by molar-refractivity contribution is 6.16. The lowest BCUT2D eigenvalue weighted by atomic mass is 9.99. The van der Waals surface area contributed by atoms with Gasteiger partial charge in [0.25, 0.3) is 0 Å². The lowest BCUT2D eigenvalue weighted by molar-refractivity contribution is 0.104. The van der Waals surface area contributed by atoms with Gasteiger partial charge in [0.05, 0.1) is 25.6 Å². The molecule has 4 aromatic rings. The predicted octanol–water partition coefficient (Wildman–Crippen LogP) is 6.42. The van der Waals surface area contributed by atoms with E-state index < -0.39 is 0 Å². The zero-order valence-electron chi connectivity index (χ0n) is 18.0. The quantitative estimate of drug-likeness (QED) is 0.320. The van der Waals surface area contributed by atoms with E-state index >= 15 is 0 Å². The molecular formula is C27H24N2O3. The van der Waals surface area contributed by atoms with E-state index in [0.717, 1.165) is 11.4 Å². The van der Waals surface area contributed by atoms with E-state index in [-0.39, 0.29) is 5.78 Å². The van der Waals surface area contributed by atoms with E-state index in [4.69, 9.17) is 9.47 Å². The Morgan fingerprint density at radius 1 is 0.594 bits per heavy atom. The van der Waals surface area contributed by atoms with Crippen LogP contribution in [0.5, 0.6) is 11.5 Å². The molecule has 0 saturated carbocycles. The summed E-state index contributed by atoms with van der Waals surface area (Å²) in [6.45, 7) is 0. The number of nitrogens with one attached hydrogen (secondary N) is 2. The molecule has 0 atom stereocenters. The molecule has 0 fully saturated rings. The zero-order valence-corrected chi connectivity index (χ0v) is 18.0. The van der Waals surface area contributed by atoms with Crippen molar-refractivity contribution < 1.29 is 14.3 Å². The molecular weight excluding hydrogens is 400 g/mol. The first-order valence-electron chi connectivity index (χ1n) is 10.2. The van der Waals surface area contributed by atoms with Crippen LogP contribution in [0.3, 0.4) is 0 Å². The molecule has 0 saturated heterocycles. The largest absolute Gasteiger partial charge is 0.497 e. The Kier molecular flexibility index (Phi) is 6.37. The number of methoxy groups -OCH3 is 2. The van der Waals surface area contributed by atoms with Crippen molar-refractivity contribution in [1.82, 2.24) is 0 Å². The van der Waals surface area contributed by atoms with E-state index in [1.165, 1.54) is 0 Å². The number of hydrogen-bond donors (Lipinski definition) is 2. The molecule has 0 aliphatic heterocycles. The maximum absolute atomic E-state index is 13.7. The van der Waals surface area contributed by atoms with Gasteiger partial charge in [-0.3, -0.25) is 4.79 Å². The van der Waals surface area contributed by atoms with Crippen molar-refractivity contribution in [2.45, 2.75) is 0 Å². The number of carbonyl (C=O) groups is 1. The van der Waals surface area contributed by atoms with E-state index in [1.54, 1.807) is 38.5 Å². The lowest BCUT2D eigenvalue weighted by Gasteiger charge is -2.16. The van der Waals surface area contributed by atoms with Gasteiger partial charge in [0.1, 0.15) is 11.5 Å². The minimum Gasteiger partial charge on any atom is -0.497 e. The Bertz CT molecular complexity index is 1110. The Hall–Kier alpha value is -4.25. The Morgan fingerprint density at radius 3 is 1.38 bits per heavy atom. The van der Waals surface area contributed by atoms with Crippen molar-refractivity contribution in [3.63, 3.8) is 0 Å². The van der Waals surface area contributed by atoms with Crippen LogP contribution in [-0.4, -0.2) is 20.0 Å². The molecule has 5 nitrogen and oxygen atoms in total. The molecule has 4 rings (SSSR count). The SMILES string of the molecule is COc1ccc(C(=O)c2ccc(OC)cc2Nc2ccccc2)c(Nc2ccccc2)c1. The standard InChI is InChI=1S/C27H24N2O3/c1-31-21-13-15-23(25(17-21)28-19-9-5-3-6-10-19)27(30)24-16-14-22(32-2)18-26(24)29-20-11-7-4-8-12-20/h3-18,28-29H,1-2H3. The summed E-state index contributed by atoms with van der Waals surface area (Å²) in [5, 5.41) is 6.69. The van der Waals surface area contributed by atoms with Crippen LogP contribution >= 0.6 is 0 Å². The first kappa shape index (κ1) is 21.0. The van der Waals surface area contributed by atoms with Crippen LogP contribution in [-0.2, 0) is 0 Å². The summed E-state index contributed by atoms with van der Waals surface area (Å²) in [7, 11) is 3.21. The monoisotopic (exact) mass is 424 g/mol. The molecule has 0 unspecified atom stereocenters. The highest BCUT2D eigenvalue weighted by atomic mass is 16.5. The molecule has 0 bridgehead atoms.